The quantitative estimate of drug-likeness (QED) is 0.370. The van der Waals surface area contributed by atoms with E-state index in [2.05, 4.69) is 43.8 Å². The predicted molar refractivity (Wildman–Crippen MR) is 134 cm³/mol. The van der Waals surface area contributed by atoms with E-state index in [1.807, 2.05) is 26.0 Å². The van der Waals surface area contributed by atoms with Gasteiger partial charge >= 0.3 is 0 Å². The van der Waals surface area contributed by atoms with Crippen molar-refractivity contribution in [1.29, 1.82) is 0 Å². The third-order valence-electron chi connectivity index (χ3n) is 6.80. The lowest BCUT2D eigenvalue weighted by molar-refractivity contribution is 0.154. The number of hydrogen-bond acceptors (Lipinski definition) is 7. The second kappa shape index (κ2) is 7.82. The van der Waals surface area contributed by atoms with Crippen LogP contribution in [0.4, 0.5) is 0 Å². The lowest BCUT2D eigenvalue weighted by Crippen LogP contribution is -2.44. The van der Waals surface area contributed by atoms with Gasteiger partial charge in [-0.25, -0.2) is 27.7 Å². The second-order valence-electron chi connectivity index (χ2n) is 11.0. The zero-order chi connectivity index (χ0) is 25.3. The van der Waals surface area contributed by atoms with Gasteiger partial charge in [0.2, 0.25) is 15.0 Å². The molecule has 0 radical (unpaired) electrons. The molecular weight excluding hydrogens is 470 g/mol. The summed E-state index contributed by atoms with van der Waals surface area (Å²) in [6.45, 7) is 14.9. The highest BCUT2D eigenvalue weighted by molar-refractivity contribution is 7.90. The summed E-state index contributed by atoms with van der Waals surface area (Å²) in [5.74, 6) is 0.488. The third-order valence-corrected chi connectivity index (χ3v) is 12.2. The Bertz CT molecular complexity index is 1430. The average Bonchev–Trinajstić information content (AvgIpc) is 3.42. The van der Waals surface area contributed by atoms with E-state index in [1.165, 1.54) is 10.9 Å². The minimum Gasteiger partial charge on any atom is -0.406 e. The fourth-order valence-electron chi connectivity index (χ4n) is 3.81. The van der Waals surface area contributed by atoms with Crippen molar-refractivity contribution in [1.82, 2.24) is 24.3 Å². The Morgan fingerprint density at radius 1 is 1.15 bits per heavy atom. The number of fused-ring (bicyclic) bond motifs is 1. The Morgan fingerprint density at radius 2 is 1.79 bits per heavy atom. The SMILES string of the molecule is CC(C)n1c(=O)c2cnc(S(C)(=O)=O)nc2n1-c1cccc(C2(O[Si](C)(C)C(C)(C)C)CC2)n1. The summed E-state index contributed by atoms with van der Waals surface area (Å²) in [4.78, 5) is 26.3. The Kier molecular flexibility index (Phi) is 5.69. The van der Waals surface area contributed by atoms with Gasteiger partial charge in [0.15, 0.2) is 19.8 Å². The van der Waals surface area contributed by atoms with E-state index in [4.69, 9.17) is 9.41 Å². The summed E-state index contributed by atoms with van der Waals surface area (Å²) >= 11 is 0. The van der Waals surface area contributed by atoms with E-state index >= 15 is 0 Å². The van der Waals surface area contributed by atoms with Crippen LogP contribution < -0.4 is 5.56 Å². The molecule has 4 rings (SSSR count). The van der Waals surface area contributed by atoms with Crippen molar-refractivity contribution in [2.45, 2.75) is 82.4 Å². The lowest BCUT2D eigenvalue weighted by atomic mass is 10.2. The summed E-state index contributed by atoms with van der Waals surface area (Å²) in [6.07, 6.45) is 4.10. The molecule has 3 aromatic heterocycles. The minimum absolute atomic E-state index is 0.0634. The summed E-state index contributed by atoms with van der Waals surface area (Å²) in [6, 6.07) is 5.44. The van der Waals surface area contributed by atoms with Gasteiger partial charge < -0.3 is 4.43 Å². The largest absolute Gasteiger partial charge is 0.406 e. The smallest absolute Gasteiger partial charge is 0.278 e. The van der Waals surface area contributed by atoms with Crippen LogP contribution >= 0.6 is 0 Å². The van der Waals surface area contributed by atoms with Crippen LogP contribution in [0.2, 0.25) is 18.1 Å². The summed E-state index contributed by atoms with van der Waals surface area (Å²) in [7, 11) is -5.70. The van der Waals surface area contributed by atoms with Gasteiger partial charge in [-0.3, -0.25) is 4.79 Å². The van der Waals surface area contributed by atoms with Crippen molar-refractivity contribution in [3.63, 3.8) is 0 Å². The molecule has 1 saturated carbocycles. The molecule has 0 bridgehead atoms. The molecule has 3 heterocycles. The highest BCUT2D eigenvalue weighted by Crippen LogP contribution is 2.53. The van der Waals surface area contributed by atoms with Crippen molar-refractivity contribution in [3.8, 4) is 5.82 Å². The van der Waals surface area contributed by atoms with Gasteiger partial charge in [-0.1, -0.05) is 26.8 Å². The number of rotatable bonds is 6. The standard InChI is InChI=1S/C23H33N5O4SSi/c1-15(2)27-20(29)16-14-24-21(33(6,30)31)26-19(16)28(27)18-11-9-10-17(25-18)23(12-13-23)32-34(7,8)22(3,4)5/h9-11,14-15H,12-13H2,1-8H3. The van der Waals surface area contributed by atoms with Gasteiger partial charge in [0.05, 0.1) is 11.3 Å². The van der Waals surface area contributed by atoms with Crippen LogP contribution in [0.1, 0.15) is 59.2 Å². The van der Waals surface area contributed by atoms with Crippen LogP contribution in [0, 0.1) is 0 Å². The highest BCUT2D eigenvalue weighted by atomic mass is 32.2. The first kappa shape index (κ1) is 24.7. The van der Waals surface area contributed by atoms with E-state index < -0.39 is 23.8 Å². The van der Waals surface area contributed by atoms with Gasteiger partial charge in [-0.2, -0.15) is 4.98 Å². The maximum atomic E-state index is 13.2. The molecule has 184 valence electrons. The number of pyridine rings is 1. The Morgan fingerprint density at radius 3 is 2.32 bits per heavy atom. The molecule has 34 heavy (non-hydrogen) atoms. The molecular formula is C23H33N5O4SSi. The summed E-state index contributed by atoms with van der Waals surface area (Å²) in [5.41, 5.74) is 0.305. The van der Waals surface area contributed by atoms with Gasteiger partial charge in [-0.05, 0) is 57.0 Å². The zero-order valence-electron chi connectivity index (χ0n) is 21.1. The number of nitrogens with zero attached hydrogens (tertiary/aromatic N) is 5. The molecule has 11 heteroatoms. The van der Waals surface area contributed by atoms with Crippen molar-refractivity contribution < 1.29 is 12.8 Å². The first-order valence-electron chi connectivity index (χ1n) is 11.5. The molecule has 0 spiro atoms. The second-order valence-corrected chi connectivity index (χ2v) is 17.6. The maximum Gasteiger partial charge on any atom is 0.278 e. The predicted octanol–water partition coefficient (Wildman–Crippen LogP) is 3.97. The molecule has 0 N–H and O–H groups in total. The molecule has 0 aromatic carbocycles. The molecule has 0 unspecified atom stereocenters. The molecule has 0 saturated heterocycles. The average molecular weight is 504 g/mol. The van der Waals surface area contributed by atoms with E-state index in [0.717, 1.165) is 24.8 Å². The lowest BCUT2D eigenvalue weighted by Gasteiger charge is -2.39. The highest BCUT2D eigenvalue weighted by Gasteiger charge is 2.53. The van der Waals surface area contributed by atoms with E-state index in [-0.39, 0.29) is 32.8 Å². The van der Waals surface area contributed by atoms with Crippen molar-refractivity contribution >= 4 is 29.2 Å². The summed E-state index contributed by atoms with van der Waals surface area (Å²) in [5, 5.41) is -0.0221. The minimum atomic E-state index is -3.66. The van der Waals surface area contributed by atoms with E-state index in [1.54, 1.807) is 10.7 Å². The Hall–Kier alpha value is -2.37. The van der Waals surface area contributed by atoms with Crippen LogP contribution in [0.3, 0.4) is 0 Å². The Balaban J connectivity index is 1.90. The first-order chi connectivity index (χ1) is 15.6. The molecule has 3 aromatic rings. The van der Waals surface area contributed by atoms with Crippen molar-refractivity contribution in [3.05, 3.63) is 40.4 Å². The fourth-order valence-corrected chi connectivity index (χ4v) is 5.90. The van der Waals surface area contributed by atoms with Crippen molar-refractivity contribution in [2.75, 3.05) is 6.26 Å². The molecule has 0 atom stereocenters. The van der Waals surface area contributed by atoms with Gasteiger partial charge in [-0.15, -0.1) is 0 Å². The van der Waals surface area contributed by atoms with Gasteiger partial charge in [0.25, 0.3) is 5.56 Å². The normalized spacial score (nSPS) is 16.4. The first-order valence-corrected chi connectivity index (χ1v) is 16.3. The molecule has 1 fully saturated rings. The van der Waals surface area contributed by atoms with E-state index in [0.29, 0.717) is 5.82 Å². The molecule has 1 aliphatic carbocycles. The molecule has 0 aliphatic heterocycles. The van der Waals surface area contributed by atoms with Gasteiger partial charge in [0, 0.05) is 18.5 Å². The molecule has 0 amide bonds. The van der Waals surface area contributed by atoms with Crippen molar-refractivity contribution in [2.24, 2.45) is 0 Å². The number of hydrogen-bond donors (Lipinski definition) is 0. The van der Waals surface area contributed by atoms with Crippen LogP contribution in [0.15, 0.2) is 34.3 Å². The topological polar surface area (TPSA) is 109 Å². The molecule has 1 aliphatic rings. The van der Waals surface area contributed by atoms with Crippen LogP contribution in [-0.4, -0.2) is 47.3 Å². The number of sulfone groups is 1. The maximum absolute atomic E-state index is 13.2. The zero-order valence-corrected chi connectivity index (χ0v) is 22.9. The van der Waals surface area contributed by atoms with Crippen LogP contribution in [-0.2, 0) is 19.9 Å². The van der Waals surface area contributed by atoms with E-state index in [9.17, 15) is 13.2 Å². The fraction of sp³-hybridized carbons (Fsp3) is 0.565. The third kappa shape index (κ3) is 4.13. The Labute approximate surface area is 201 Å². The number of aromatic nitrogens is 5. The molecule has 9 nitrogen and oxygen atoms in total. The van der Waals surface area contributed by atoms with Crippen LogP contribution in [0.5, 0.6) is 0 Å². The summed E-state index contributed by atoms with van der Waals surface area (Å²) < 4.78 is 34.2. The van der Waals surface area contributed by atoms with Gasteiger partial charge in [0.1, 0.15) is 5.39 Å². The van der Waals surface area contributed by atoms with Crippen LogP contribution in [0.25, 0.3) is 16.9 Å². The monoisotopic (exact) mass is 503 g/mol.